The first-order chi connectivity index (χ1) is 9.61. The quantitative estimate of drug-likeness (QED) is 0.739. The molecule has 1 N–H and O–H groups in total. The zero-order valence-electron chi connectivity index (χ0n) is 13.1. The average molecular weight is 286 g/mol. The van der Waals surface area contributed by atoms with E-state index in [2.05, 4.69) is 13.8 Å². The summed E-state index contributed by atoms with van der Waals surface area (Å²) in [7, 11) is 0. The van der Waals surface area contributed by atoms with Crippen molar-refractivity contribution in [2.45, 2.75) is 47.0 Å². The Kier molecular flexibility index (Phi) is 2.70. The minimum Gasteiger partial charge on any atom is -0.512 e. The third kappa shape index (κ3) is 1.73. The molecule has 3 heteroatoms. The highest BCUT2D eigenvalue weighted by molar-refractivity contribution is 6.02. The summed E-state index contributed by atoms with van der Waals surface area (Å²) in [5.41, 5.74) is 0.472. The van der Waals surface area contributed by atoms with Crippen LogP contribution in [0.25, 0.3) is 0 Å². The molecule has 0 aromatic heterocycles. The summed E-state index contributed by atoms with van der Waals surface area (Å²) < 4.78 is 0. The molecule has 3 nitrogen and oxygen atoms in total. The molecule has 0 aromatic rings. The lowest BCUT2D eigenvalue weighted by Crippen LogP contribution is -2.49. The number of rotatable bonds is 0. The molecule has 0 spiro atoms. The molecule has 0 unspecified atom stereocenters. The van der Waals surface area contributed by atoms with E-state index < -0.39 is 10.8 Å². The van der Waals surface area contributed by atoms with Gasteiger partial charge in [-0.15, -0.1) is 0 Å². The van der Waals surface area contributed by atoms with Crippen LogP contribution in [0.4, 0.5) is 0 Å². The van der Waals surface area contributed by atoms with Gasteiger partial charge in [-0.1, -0.05) is 19.9 Å². The summed E-state index contributed by atoms with van der Waals surface area (Å²) in [6.45, 7) is 7.91. The molecule has 3 aliphatic rings. The lowest BCUT2D eigenvalue weighted by Gasteiger charge is -2.54. The molecule has 0 radical (unpaired) electrons. The van der Waals surface area contributed by atoms with Crippen molar-refractivity contribution in [3.63, 3.8) is 0 Å². The van der Waals surface area contributed by atoms with Crippen LogP contribution in [0.3, 0.4) is 0 Å². The molecule has 1 fully saturated rings. The summed E-state index contributed by atoms with van der Waals surface area (Å²) in [5, 5.41) is 10.7. The molecule has 3 rings (SSSR count). The summed E-state index contributed by atoms with van der Waals surface area (Å²) in [6.07, 6.45) is 6.84. The second-order valence-electron chi connectivity index (χ2n) is 7.59. The van der Waals surface area contributed by atoms with Gasteiger partial charge in [-0.3, -0.25) is 9.59 Å². The Hall–Kier alpha value is -1.64. The highest BCUT2D eigenvalue weighted by Crippen LogP contribution is 2.62. The van der Waals surface area contributed by atoms with Crippen molar-refractivity contribution in [3.8, 4) is 0 Å². The number of allylic oxidation sites excluding steroid dienone is 6. The number of aliphatic hydroxyl groups excluding tert-OH is 1. The van der Waals surface area contributed by atoms with Crippen molar-refractivity contribution in [1.82, 2.24) is 0 Å². The van der Waals surface area contributed by atoms with Gasteiger partial charge in [-0.05, 0) is 43.6 Å². The molecule has 3 aliphatic carbocycles. The van der Waals surface area contributed by atoms with Crippen molar-refractivity contribution < 1.29 is 14.7 Å². The van der Waals surface area contributed by atoms with Crippen LogP contribution in [0.15, 0.2) is 35.1 Å². The lowest BCUT2D eigenvalue weighted by atomic mass is 9.49. The molecule has 21 heavy (non-hydrogen) atoms. The Morgan fingerprint density at radius 2 is 1.81 bits per heavy atom. The summed E-state index contributed by atoms with van der Waals surface area (Å²) in [6, 6.07) is 0. The zero-order valence-corrected chi connectivity index (χ0v) is 13.1. The van der Waals surface area contributed by atoms with Crippen molar-refractivity contribution in [2.75, 3.05) is 0 Å². The van der Waals surface area contributed by atoms with E-state index in [0.29, 0.717) is 25.0 Å². The van der Waals surface area contributed by atoms with E-state index in [4.69, 9.17) is 0 Å². The van der Waals surface area contributed by atoms with E-state index in [1.165, 1.54) is 0 Å². The molecule has 112 valence electrons. The first-order valence-electron chi connectivity index (χ1n) is 7.53. The minimum absolute atomic E-state index is 0.000791. The summed E-state index contributed by atoms with van der Waals surface area (Å²) in [5.74, 6) is 0.497. The van der Waals surface area contributed by atoms with Gasteiger partial charge in [0.15, 0.2) is 5.78 Å². The largest absolute Gasteiger partial charge is 0.512 e. The van der Waals surface area contributed by atoms with Crippen LogP contribution in [-0.4, -0.2) is 16.7 Å². The van der Waals surface area contributed by atoms with Crippen molar-refractivity contribution >= 4 is 11.6 Å². The van der Waals surface area contributed by atoms with Gasteiger partial charge in [-0.2, -0.15) is 0 Å². The van der Waals surface area contributed by atoms with E-state index in [9.17, 15) is 14.7 Å². The van der Waals surface area contributed by atoms with Crippen LogP contribution in [0.1, 0.15) is 47.0 Å². The van der Waals surface area contributed by atoms with Gasteiger partial charge in [0.2, 0.25) is 0 Å². The van der Waals surface area contributed by atoms with Crippen LogP contribution >= 0.6 is 0 Å². The van der Waals surface area contributed by atoms with Crippen LogP contribution in [0.2, 0.25) is 0 Å². The smallest absolute Gasteiger partial charge is 0.178 e. The summed E-state index contributed by atoms with van der Waals surface area (Å²) >= 11 is 0. The normalized spacial score (nSPS) is 38.0. The van der Waals surface area contributed by atoms with Gasteiger partial charge in [0.1, 0.15) is 5.78 Å². The molecule has 0 aromatic carbocycles. The standard InChI is InChI=1S/C18H22O3/c1-16(2)14(21)6-8-18(4)13-9-11(19)5-7-17(13,3)10-12(20)15(16)18/h5,7,9,20H,6,8,10H2,1-4H3/t17-,18-/m1/s1. The number of ketones is 2. The fourth-order valence-electron chi connectivity index (χ4n) is 4.67. The van der Waals surface area contributed by atoms with Gasteiger partial charge in [-0.25, -0.2) is 0 Å². The molecule has 1 saturated carbocycles. The zero-order chi connectivity index (χ0) is 15.6. The molecular formula is C18H22O3. The number of hydrogen-bond acceptors (Lipinski definition) is 3. The predicted molar refractivity (Wildman–Crippen MR) is 80.7 cm³/mol. The maximum Gasteiger partial charge on any atom is 0.178 e. The van der Waals surface area contributed by atoms with Crippen molar-refractivity contribution in [3.05, 3.63) is 35.1 Å². The Morgan fingerprint density at radius 3 is 2.48 bits per heavy atom. The topological polar surface area (TPSA) is 54.4 Å². The molecule has 0 aliphatic heterocycles. The lowest BCUT2D eigenvalue weighted by molar-refractivity contribution is -0.128. The van der Waals surface area contributed by atoms with Crippen LogP contribution in [0.5, 0.6) is 0 Å². The molecular weight excluding hydrogens is 264 g/mol. The molecule has 2 atom stereocenters. The molecule has 0 bridgehead atoms. The third-order valence-electron chi connectivity index (χ3n) is 5.66. The monoisotopic (exact) mass is 286 g/mol. The molecule has 0 amide bonds. The second kappa shape index (κ2) is 3.96. The maximum atomic E-state index is 12.3. The Bertz CT molecular complexity index is 647. The van der Waals surface area contributed by atoms with Gasteiger partial charge in [0, 0.05) is 29.1 Å². The van der Waals surface area contributed by atoms with Gasteiger partial charge in [0.05, 0.1) is 5.76 Å². The van der Waals surface area contributed by atoms with Crippen molar-refractivity contribution in [1.29, 1.82) is 0 Å². The summed E-state index contributed by atoms with van der Waals surface area (Å²) in [4.78, 5) is 24.2. The number of fused-ring (bicyclic) bond motifs is 3. The number of aliphatic hydroxyl groups is 1. The average Bonchev–Trinajstić information content (AvgIpc) is 2.36. The Morgan fingerprint density at radius 1 is 1.14 bits per heavy atom. The SMILES string of the molecule is CC1(C)C(=O)CC[C@]2(C)C3=CC(=O)C=C[C@]3(C)CC(O)=C12. The van der Waals surface area contributed by atoms with Gasteiger partial charge in [0.25, 0.3) is 0 Å². The first kappa shape index (κ1) is 14.3. The first-order valence-corrected chi connectivity index (χ1v) is 7.53. The maximum absolute atomic E-state index is 12.3. The van der Waals surface area contributed by atoms with E-state index in [-0.39, 0.29) is 17.0 Å². The van der Waals surface area contributed by atoms with E-state index >= 15 is 0 Å². The minimum atomic E-state index is -0.663. The highest BCUT2D eigenvalue weighted by atomic mass is 16.3. The van der Waals surface area contributed by atoms with Crippen LogP contribution in [0, 0.1) is 16.2 Å². The highest BCUT2D eigenvalue weighted by Gasteiger charge is 2.56. The van der Waals surface area contributed by atoms with E-state index in [1.54, 1.807) is 12.2 Å². The number of hydrogen-bond donors (Lipinski definition) is 1. The van der Waals surface area contributed by atoms with Crippen LogP contribution in [-0.2, 0) is 9.59 Å². The fourth-order valence-corrected chi connectivity index (χ4v) is 4.67. The number of carbonyl (C=O) groups excluding carboxylic acids is 2. The fraction of sp³-hybridized carbons (Fsp3) is 0.556. The Labute approximate surface area is 125 Å². The van der Waals surface area contributed by atoms with E-state index in [1.807, 2.05) is 19.9 Å². The second-order valence-corrected chi connectivity index (χ2v) is 7.59. The molecule has 0 heterocycles. The molecule has 0 saturated heterocycles. The van der Waals surface area contributed by atoms with E-state index in [0.717, 1.165) is 11.1 Å². The van der Waals surface area contributed by atoms with Crippen molar-refractivity contribution in [2.24, 2.45) is 16.2 Å². The number of Topliss-reactive ketones (excluding diaryl/α,β-unsaturated/α-hetero) is 1. The third-order valence-corrected chi connectivity index (χ3v) is 5.66. The van der Waals surface area contributed by atoms with Gasteiger partial charge < -0.3 is 5.11 Å². The predicted octanol–water partition coefficient (Wildman–Crippen LogP) is 3.67. The van der Waals surface area contributed by atoms with Crippen LogP contribution < -0.4 is 0 Å². The Balaban J connectivity index is 2.28. The van der Waals surface area contributed by atoms with Gasteiger partial charge >= 0.3 is 0 Å². The number of carbonyl (C=O) groups is 2.